The second-order valence-electron chi connectivity index (χ2n) is 7.69. The number of Topliss-reactive ketones (excluding diaryl/α,β-unsaturated/α-hetero) is 1. The van der Waals surface area contributed by atoms with Gasteiger partial charge in [-0.25, -0.2) is 0 Å². The molecule has 1 heterocycles. The summed E-state index contributed by atoms with van der Waals surface area (Å²) < 4.78 is 7.76. The zero-order valence-electron chi connectivity index (χ0n) is 20.0. The molecule has 1 N–H and O–H groups in total. The number of hydrogen-bond donors (Lipinski definition) is 1. The molecule has 33 heavy (non-hydrogen) atoms. The maximum absolute atomic E-state index is 11.0. The Morgan fingerprint density at radius 3 is 2.64 bits per heavy atom. The molecule has 0 radical (unpaired) electrons. The van der Waals surface area contributed by atoms with Gasteiger partial charge >= 0.3 is 0 Å². The highest BCUT2D eigenvalue weighted by atomic mass is 31.0. The summed E-state index contributed by atoms with van der Waals surface area (Å²) in [5.41, 5.74) is 3.21. The van der Waals surface area contributed by atoms with Gasteiger partial charge in [0, 0.05) is 25.3 Å². The number of benzene rings is 2. The number of hydrogen-bond acceptors (Lipinski definition) is 5. The van der Waals surface area contributed by atoms with Crippen molar-refractivity contribution in [3.05, 3.63) is 77.6 Å². The molecule has 0 aliphatic heterocycles. The molecule has 0 amide bonds. The normalized spacial score (nSPS) is 11.4. The average Bonchev–Trinajstić information content (AvgIpc) is 3.30. The van der Waals surface area contributed by atoms with Crippen molar-refractivity contribution in [1.82, 2.24) is 20.3 Å². The Morgan fingerprint density at radius 2 is 1.88 bits per heavy atom. The molecule has 1 aromatic heterocycles. The molecule has 0 saturated heterocycles. The first-order chi connectivity index (χ1) is 16.1. The molecule has 0 saturated carbocycles. The van der Waals surface area contributed by atoms with E-state index >= 15 is 0 Å². The fourth-order valence-electron chi connectivity index (χ4n) is 3.25. The summed E-state index contributed by atoms with van der Waals surface area (Å²) in [5.74, 6) is 1.27. The molecule has 0 aliphatic carbocycles. The van der Waals surface area contributed by atoms with Gasteiger partial charge in [0.15, 0.2) is 0 Å². The number of rotatable bonds is 13. The number of unbranched alkanes of at least 4 members (excludes halogenated alkanes) is 2. The minimum atomic E-state index is 0.197. The zero-order valence-corrected chi connectivity index (χ0v) is 21.2. The van der Waals surface area contributed by atoms with Crippen LogP contribution in [0.25, 0.3) is 0 Å². The van der Waals surface area contributed by atoms with Gasteiger partial charge in [-0.3, -0.25) is 4.68 Å². The van der Waals surface area contributed by atoms with Crippen LogP contribution in [0.3, 0.4) is 0 Å². The summed E-state index contributed by atoms with van der Waals surface area (Å²) >= 11 is 0. The van der Waals surface area contributed by atoms with Crippen molar-refractivity contribution in [3.63, 3.8) is 0 Å². The van der Waals surface area contributed by atoms with Crippen molar-refractivity contribution < 1.29 is 9.53 Å². The molecule has 3 aromatic rings. The number of carbonyl (C=O) groups excluding carboxylic acids is 1. The number of carbonyl (C=O) groups is 1. The van der Waals surface area contributed by atoms with E-state index < -0.39 is 0 Å². The monoisotopic (exact) mass is 468 g/mol. The Labute approximate surface area is 200 Å². The van der Waals surface area contributed by atoms with Crippen molar-refractivity contribution in [2.24, 2.45) is 0 Å². The van der Waals surface area contributed by atoms with E-state index in [1.165, 1.54) is 5.56 Å². The van der Waals surface area contributed by atoms with E-state index in [1.807, 2.05) is 55.1 Å². The number of aromatic nitrogens is 3. The molecule has 2 atom stereocenters. The SMILES string of the molecule is CC.CC(=O)CCCCCn1cc(COc2cccc(CNC(P)c3ccccc3)c2)nn1. The maximum Gasteiger partial charge on any atom is 0.134 e. The Bertz CT molecular complexity index is 946. The number of ketones is 1. The van der Waals surface area contributed by atoms with E-state index in [-0.39, 0.29) is 11.6 Å². The van der Waals surface area contributed by atoms with E-state index in [2.05, 4.69) is 49.1 Å². The molecule has 7 heteroatoms. The summed E-state index contributed by atoms with van der Waals surface area (Å²) in [4.78, 5) is 11.0. The Hall–Kier alpha value is -2.56. The molecule has 2 aromatic carbocycles. The van der Waals surface area contributed by atoms with E-state index in [9.17, 15) is 4.79 Å². The van der Waals surface area contributed by atoms with Crippen LogP contribution in [0.5, 0.6) is 5.75 Å². The lowest BCUT2D eigenvalue weighted by molar-refractivity contribution is -0.117. The molecular weight excluding hydrogens is 431 g/mol. The van der Waals surface area contributed by atoms with Crippen LogP contribution < -0.4 is 10.1 Å². The third kappa shape index (κ3) is 10.3. The van der Waals surface area contributed by atoms with Gasteiger partial charge in [-0.2, -0.15) is 0 Å². The third-order valence-electron chi connectivity index (χ3n) is 4.97. The molecule has 6 nitrogen and oxygen atoms in total. The molecule has 2 unspecified atom stereocenters. The van der Waals surface area contributed by atoms with E-state index in [1.54, 1.807) is 6.92 Å². The predicted octanol–water partition coefficient (Wildman–Crippen LogP) is 5.70. The molecule has 0 bridgehead atoms. The van der Waals surface area contributed by atoms with Gasteiger partial charge in [0.25, 0.3) is 0 Å². The maximum atomic E-state index is 11.0. The van der Waals surface area contributed by atoms with E-state index in [4.69, 9.17) is 4.74 Å². The molecule has 0 spiro atoms. The highest BCUT2D eigenvalue weighted by Crippen LogP contribution is 2.21. The van der Waals surface area contributed by atoms with E-state index in [0.29, 0.717) is 13.0 Å². The Kier molecular flexibility index (Phi) is 12.4. The third-order valence-corrected chi connectivity index (χ3v) is 5.59. The summed E-state index contributed by atoms with van der Waals surface area (Å²) in [5, 5.41) is 11.9. The quantitative estimate of drug-likeness (QED) is 0.258. The first-order valence-corrected chi connectivity index (χ1v) is 12.4. The van der Waals surface area contributed by atoms with Gasteiger partial charge in [-0.1, -0.05) is 67.9 Å². The summed E-state index contributed by atoms with van der Waals surface area (Å²) in [6.45, 7) is 7.58. The summed E-state index contributed by atoms with van der Waals surface area (Å²) in [6, 6.07) is 18.5. The van der Waals surface area contributed by atoms with Crippen LogP contribution in [0.15, 0.2) is 60.8 Å². The Morgan fingerprint density at radius 1 is 1.09 bits per heavy atom. The fourth-order valence-corrected chi connectivity index (χ4v) is 3.59. The van der Waals surface area contributed by atoms with Gasteiger partial charge in [-0.05, 0) is 43.0 Å². The van der Waals surface area contributed by atoms with Gasteiger partial charge in [0.2, 0.25) is 0 Å². The summed E-state index contributed by atoms with van der Waals surface area (Å²) in [7, 11) is 2.84. The number of nitrogens with one attached hydrogen (secondary N) is 1. The number of aryl methyl sites for hydroxylation is 1. The molecule has 0 aliphatic rings. The lowest BCUT2D eigenvalue weighted by atomic mass is 10.1. The second kappa shape index (κ2) is 15.3. The Balaban J connectivity index is 0.00000187. The molecular formula is C26H37N4O2P. The topological polar surface area (TPSA) is 69.0 Å². The largest absolute Gasteiger partial charge is 0.487 e. The molecule has 178 valence electrons. The average molecular weight is 469 g/mol. The zero-order chi connectivity index (χ0) is 23.9. The highest BCUT2D eigenvalue weighted by molar-refractivity contribution is 7.17. The first kappa shape index (κ1) is 26.7. The highest BCUT2D eigenvalue weighted by Gasteiger charge is 2.06. The molecule has 0 fully saturated rings. The van der Waals surface area contributed by atoms with Crippen LogP contribution in [0.2, 0.25) is 0 Å². The predicted molar refractivity (Wildman–Crippen MR) is 137 cm³/mol. The van der Waals surface area contributed by atoms with Gasteiger partial charge in [0.1, 0.15) is 23.8 Å². The van der Waals surface area contributed by atoms with Gasteiger partial charge in [0.05, 0.1) is 6.20 Å². The van der Waals surface area contributed by atoms with Crippen LogP contribution in [0.4, 0.5) is 0 Å². The van der Waals surface area contributed by atoms with Crippen molar-refractivity contribution in [3.8, 4) is 5.75 Å². The number of ether oxygens (including phenoxy) is 1. The second-order valence-corrected chi connectivity index (χ2v) is 8.36. The van der Waals surface area contributed by atoms with Crippen LogP contribution in [-0.2, 0) is 24.5 Å². The van der Waals surface area contributed by atoms with E-state index in [0.717, 1.165) is 49.4 Å². The lowest BCUT2D eigenvalue weighted by Crippen LogP contribution is -2.15. The fraction of sp³-hybridized carbons (Fsp3) is 0.423. The van der Waals surface area contributed by atoms with Crippen molar-refractivity contribution in [2.45, 2.75) is 71.9 Å². The minimum Gasteiger partial charge on any atom is -0.487 e. The lowest BCUT2D eigenvalue weighted by Gasteiger charge is -2.14. The van der Waals surface area contributed by atoms with Crippen molar-refractivity contribution >= 4 is 15.0 Å². The van der Waals surface area contributed by atoms with Crippen LogP contribution in [-0.4, -0.2) is 20.8 Å². The van der Waals surface area contributed by atoms with Crippen LogP contribution in [0, 0.1) is 0 Å². The number of nitrogens with zero attached hydrogens (tertiary/aromatic N) is 3. The van der Waals surface area contributed by atoms with Gasteiger partial charge in [-0.15, -0.1) is 14.3 Å². The standard InChI is InChI=1S/C24H31N4O2P.C2H6/c1-19(29)9-4-3-7-14-28-17-22(26-27-28)18-30-23-13-8-10-20(15-23)16-25-24(31)21-11-5-2-6-12-21;1-2/h2,5-6,8,10-13,15,17,24-25H,3-4,7,9,14,16,18,31H2,1H3;1-2H3. The van der Waals surface area contributed by atoms with Crippen molar-refractivity contribution in [1.29, 1.82) is 0 Å². The van der Waals surface area contributed by atoms with Crippen LogP contribution >= 0.6 is 9.24 Å². The van der Waals surface area contributed by atoms with Crippen molar-refractivity contribution in [2.75, 3.05) is 0 Å². The molecule has 3 rings (SSSR count). The smallest absolute Gasteiger partial charge is 0.134 e. The first-order valence-electron chi connectivity index (χ1n) is 11.7. The minimum absolute atomic E-state index is 0.197. The van der Waals surface area contributed by atoms with Crippen LogP contribution in [0.1, 0.15) is 69.1 Å². The van der Waals surface area contributed by atoms with Gasteiger partial charge < -0.3 is 14.8 Å². The summed E-state index contributed by atoms with van der Waals surface area (Å²) in [6.07, 6.45) is 5.54.